The molecule has 0 atom stereocenters. The summed E-state index contributed by atoms with van der Waals surface area (Å²) in [7, 11) is 0. The van der Waals surface area contributed by atoms with Gasteiger partial charge in [0.25, 0.3) is 0 Å². The fraction of sp³-hybridized carbons (Fsp3) is 0.909. The Labute approximate surface area is 145 Å². The van der Waals surface area contributed by atoms with Crippen molar-refractivity contribution in [2.24, 2.45) is 17.8 Å². The van der Waals surface area contributed by atoms with Crippen molar-refractivity contribution in [1.82, 2.24) is 0 Å². The largest absolute Gasteiger partial charge is 0.378 e. The van der Waals surface area contributed by atoms with Crippen LogP contribution >= 0.6 is 0 Å². The number of rotatable bonds is 9. The van der Waals surface area contributed by atoms with Gasteiger partial charge in [-0.3, -0.25) is 0 Å². The second kappa shape index (κ2) is 11.3. The minimum absolute atomic E-state index is 0.584. The molecule has 0 amide bonds. The van der Waals surface area contributed by atoms with Gasteiger partial charge in [-0.05, 0) is 82.5 Å². The SMILES string of the molecule is C/C=C/CCC1CCC(C2CCC(OCCCCC)CC2)CC1. The molecule has 1 nitrogen and oxygen atoms in total. The highest BCUT2D eigenvalue weighted by Gasteiger charge is 2.30. The molecule has 23 heavy (non-hydrogen) atoms. The fourth-order valence-corrected chi connectivity index (χ4v) is 4.78. The van der Waals surface area contributed by atoms with Crippen molar-refractivity contribution < 1.29 is 4.74 Å². The summed E-state index contributed by atoms with van der Waals surface area (Å²) in [6, 6.07) is 0. The van der Waals surface area contributed by atoms with Gasteiger partial charge in [-0.25, -0.2) is 0 Å². The molecule has 2 fully saturated rings. The predicted molar refractivity (Wildman–Crippen MR) is 101 cm³/mol. The molecule has 0 bridgehead atoms. The normalized spacial score (nSPS) is 32.4. The van der Waals surface area contributed by atoms with E-state index in [-0.39, 0.29) is 0 Å². The Morgan fingerprint density at radius 2 is 1.52 bits per heavy atom. The van der Waals surface area contributed by atoms with E-state index in [1.165, 1.54) is 83.5 Å². The summed E-state index contributed by atoms with van der Waals surface area (Å²) in [6.07, 6.45) is 23.3. The highest BCUT2D eigenvalue weighted by Crippen LogP contribution is 2.41. The molecular formula is C22H40O. The molecule has 2 rings (SSSR count). The average Bonchev–Trinajstić information content (AvgIpc) is 2.60. The Hall–Kier alpha value is -0.300. The maximum absolute atomic E-state index is 6.09. The van der Waals surface area contributed by atoms with Crippen molar-refractivity contribution in [3.05, 3.63) is 12.2 Å². The third-order valence-corrected chi connectivity index (χ3v) is 6.36. The van der Waals surface area contributed by atoms with E-state index < -0.39 is 0 Å². The second-order valence-corrected chi connectivity index (χ2v) is 8.04. The molecule has 0 aromatic heterocycles. The van der Waals surface area contributed by atoms with Gasteiger partial charge < -0.3 is 4.74 Å². The fourth-order valence-electron chi connectivity index (χ4n) is 4.78. The smallest absolute Gasteiger partial charge is 0.0575 e. The van der Waals surface area contributed by atoms with Crippen LogP contribution in [-0.4, -0.2) is 12.7 Å². The maximum atomic E-state index is 6.09. The van der Waals surface area contributed by atoms with E-state index >= 15 is 0 Å². The number of hydrogen-bond acceptors (Lipinski definition) is 1. The van der Waals surface area contributed by atoms with Gasteiger partial charge in [0.05, 0.1) is 6.10 Å². The highest BCUT2D eigenvalue weighted by atomic mass is 16.5. The molecule has 2 aliphatic rings. The monoisotopic (exact) mass is 320 g/mol. The third-order valence-electron chi connectivity index (χ3n) is 6.36. The van der Waals surface area contributed by atoms with Crippen molar-refractivity contribution in [2.45, 2.75) is 103 Å². The summed E-state index contributed by atoms with van der Waals surface area (Å²) in [4.78, 5) is 0. The van der Waals surface area contributed by atoms with Crippen LogP contribution in [0.5, 0.6) is 0 Å². The van der Waals surface area contributed by atoms with Crippen LogP contribution in [0, 0.1) is 17.8 Å². The Morgan fingerprint density at radius 1 is 0.870 bits per heavy atom. The molecular weight excluding hydrogens is 280 g/mol. The van der Waals surface area contributed by atoms with Gasteiger partial charge in [-0.1, -0.05) is 44.8 Å². The first-order valence-corrected chi connectivity index (χ1v) is 10.6. The van der Waals surface area contributed by atoms with Crippen LogP contribution in [0.1, 0.15) is 97.3 Å². The van der Waals surface area contributed by atoms with Crippen molar-refractivity contribution in [2.75, 3.05) is 6.61 Å². The van der Waals surface area contributed by atoms with Crippen molar-refractivity contribution in [1.29, 1.82) is 0 Å². The second-order valence-electron chi connectivity index (χ2n) is 8.04. The number of hydrogen-bond donors (Lipinski definition) is 0. The lowest BCUT2D eigenvalue weighted by molar-refractivity contribution is 0.00543. The Bertz CT molecular complexity index is 306. The standard InChI is InChI=1S/C22H40O/c1-3-5-7-9-19-10-12-20(13-11-19)21-14-16-22(17-15-21)23-18-8-6-4-2/h3,5,19-22H,4,6-18H2,1-2H3/b5-3+. The van der Waals surface area contributed by atoms with E-state index in [1.807, 2.05) is 0 Å². The summed E-state index contributed by atoms with van der Waals surface area (Å²) >= 11 is 0. The van der Waals surface area contributed by atoms with E-state index in [1.54, 1.807) is 0 Å². The quantitative estimate of drug-likeness (QED) is 0.331. The molecule has 0 spiro atoms. The van der Waals surface area contributed by atoms with Crippen LogP contribution in [0.4, 0.5) is 0 Å². The number of ether oxygens (including phenoxy) is 1. The first kappa shape index (κ1) is 19.0. The minimum atomic E-state index is 0.584. The summed E-state index contributed by atoms with van der Waals surface area (Å²) in [5.41, 5.74) is 0. The third kappa shape index (κ3) is 6.99. The lowest BCUT2D eigenvalue weighted by Crippen LogP contribution is -2.28. The first-order valence-electron chi connectivity index (χ1n) is 10.6. The van der Waals surface area contributed by atoms with Gasteiger partial charge in [-0.15, -0.1) is 0 Å². The summed E-state index contributed by atoms with van der Waals surface area (Å²) in [6.45, 7) is 5.40. The Balaban J connectivity index is 1.57. The van der Waals surface area contributed by atoms with E-state index in [9.17, 15) is 0 Å². The van der Waals surface area contributed by atoms with Gasteiger partial charge in [0.1, 0.15) is 0 Å². The van der Waals surface area contributed by atoms with Crippen LogP contribution in [0.3, 0.4) is 0 Å². The Kier molecular flexibility index (Phi) is 9.34. The molecule has 0 aromatic rings. The molecule has 0 unspecified atom stereocenters. The minimum Gasteiger partial charge on any atom is -0.378 e. The van der Waals surface area contributed by atoms with Crippen molar-refractivity contribution >= 4 is 0 Å². The van der Waals surface area contributed by atoms with E-state index in [0.717, 1.165) is 24.4 Å². The molecule has 1 heteroatoms. The van der Waals surface area contributed by atoms with Crippen molar-refractivity contribution in [3.8, 4) is 0 Å². The van der Waals surface area contributed by atoms with Crippen LogP contribution in [-0.2, 0) is 4.74 Å². The average molecular weight is 321 g/mol. The molecule has 134 valence electrons. The van der Waals surface area contributed by atoms with Crippen LogP contribution < -0.4 is 0 Å². The Morgan fingerprint density at radius 3 is 2.13 bits per heavy atom. The van der Waals surface area contributed by atoms with Crippen molar-refractivity contribution in [3.63, 3.8) is 0 Å². The van der Waals surface area contributed by atoms with Gasteiger partial charge >= 0.3 is 0 Å². The number of allylic oxidation sites excluding steroid dienone is 2. The van der Waals surface area contributed by atoms with E-state index in [0.29, 0.717) is 6.10 Å². The predicted octanol–water partition coefficient (Wildman–Crippen LogP) is 6.91. The summed E-state index contributed by atoms with van der Waals surface area (Å²) in [5.74, 6) is 3.07. The van der Waals surface area contributed by atoms with Crippen LogP contribution in [0.2, 0.25) is 0 Å². The molecule has 0 N–H and O–H groups in total. The molecule has 2 aliphatic carbocycles. The zero-order valence-corrected chi connectivity index (χ0v) is 15.8. The molecule has 0 aliphatic heterocycles. The lowest BCUT2D eigenvalue weighted by Gasteiger charge is -2.37. The zero-order chi connectivity index (χ0) is 16.3. The molecule has 0 radical (unpaired) electrons. The maximum Gasteiger partial charge on any atom is 0.0575 e. The van der Waals surface area contributed by atoms with Crippen LogP contribution in [0.15, 0.2) is 12.2 Å². The summed E-state index contributed by atoms with van der Waals surface area (Å²) < 4.78 is 6.09. The van der Waals surface area contributed by atoms with Gasteiger partial charge in [0, 0.05) is 6.61 Å². The zero-order valence-electron chi connectivity index (χ0n) is 15.8. The highest BCUT2D eigenvalue weighted by molar-refractivity contribution is 4.84. The van der Waals surface area contributed by atoms with E-state index in [2.05, 4.69) is 26.0 Å². The van der Waals surface area contributed by atoms with Gasteiger partial charge in [0.2, 0.25) is 0 Å². The lowest BCUT2D eigenvalue weighted by atomic mass is 9.70. The van der Waals surface area contributed by atoms with Gasteiger partial charge in [-0.2, -0.15) is 0 Å². The molecule has 0 aromatic carbocycles. The van der Waals surface area contributed by atoms with E-state index in [4.69, 9.17) is 4.74 Å². The number of unbranched alkanes of at least 4 members (excludes halogenated alkanes) is 2. The van der Waals surface area contributed by atoms with Crippen LogP contribution in [0.25, 0.3) is 0 Å². The summed E-state index contributed by atoms with van der Waals surface area (Å²) in [5, 5.41) is 0. The van der Waals surface area contributed by atoms with Gasteiger partial charge in [0.15, 0.2) is 0 Å². The molecule has 0 heterocycles. The molecule has 0 saturated heterocycles. The molecule has 2 saturated carbocycles. The first-order chi connectivity index (χ1) is 11.3. The topological polar surface area (TPSA) is 9.23 Å².